The molecule has 1 saturated heterocycles. The van der Waals surface area contributed by atoms with Gasteiger partial charge in [0.15, 0.2) is 0 Å². The molecule has 1 heterocycles. The van der Waals surface area contributed by atoms with E-state index < -0.39 is 0 Å². The van der Waals surface area contributed by atoms with Crippen LogP contribution in [0, 0.1) is 5.92 Å². The molecule has 0 spiro atoms. The molecule has 1 aromatic rings. The van der Waals surface area contributed by atoms with E-state index in [4.69, 9.17) is 17.3 Å². The minimum atomic E-state index is 0.692. The second kappa shape index (κ2) is 4.30. The van der Waals surface area contributed by atoms with E-state index in [9.17, 15) is 0 Å². The zero-order chi connectivity index (χ0) is 9.97. The predicted molar refractivity (Wildman–Crippen MR) is 59.3 cm³/mol. The van der Waals surface area contributed by atoms with Crippen LogP contribution in [0.5, 0.6) is 0 Å². The Bertz CT molecular complexity index is 308. The fraction of sp³-hybridized carbons (Fsp3) is 0.455. The van der Waals surface area contributed by atoms with E-state index in [0.717, 1.165) is 31.2 Å². The summed E-state index contributed by atoms with van der Waals surface area (Å²) in [6.07, 6.45) is 0. The lowest BCUT2D eigenvalue weighted by Gasteiger charge is -2.38. The Morgan fingerprint density at radius 2 is 2.07 bits per heavy atom. The predicted octanol–water partition coefficient (Wildman–Crippen LogP) is 1.73. The molecule has 1 fully saturated rings. The zero-order valence-corrected chi connectivity index (χ0v) is 8.87. The van der Waals surface area contributed by atoms with E-state index in [0.29, 0.717) is 5.92 Å². The summed E-state index contributed by atoms with van der Waals surface area (Å²) in [6, 6.07) is 8.02. The largest absolute Gasteiger partial charge is 0.330 e. The number of benzene rings is 1. The molecule has 0 bridgehead atoms. The fourth-order valence-electron chi connectivity index (χ4n) is 1.82. The Balaban J connectivity index is 1.90. The molecule has 3 heteroatoms. The lowest BCUT2D eigenvalue weighted by Crippen LogP contribution is -2.49. The Kier molecular flexibility index (Phi) is 3.06. The maximum Gasteiger partial charge on any atom is 0.0451 e. The molecule has 0 aromatic heterocycles. The quantitative estimate of drug-likeness (QED) is 0.824. The average Bonchev–Trinajstić information content (AvgIpc) is 2.13. The molecule has 1 aliphatic rings. The highest BCUT2D eigenvalue weighted by Gasteiger charge is 2.25. The van der Waals surface area contributed by atoms with Crippen LogP contribution in [0.3, 0.4) is 0 Å². The molecule has 0 saturated carbocycles. The molecule has 76 valence electrons. The van der Waals surface area contributed by atoms with E-state index >= 15 is 0 Å². The summed E-state index contributed by atoms with van der Waals surface area (Å²) in [5.41, 5.74) is 6.78. The molecule has 0 amide bonds. The van der Waals surface area contributed by atoms with Crippen LogP contribution in [0.15, 0.2) is 24.3 Å². The third-order valence-corrected chi connectivity index (χ3v) is 3.09. The minimum Gasteiger partial charge on any atom is -0.330 e. The Morgan fingerprint density at radius 3 is 2.71 bits per heavy atom. The Labute approximate surface area is 89.7 Å². The maximum absolute atomic E-state index is 6.07. The van der Waals surface area contributed by atoms with Crippen molar-refractivity contribution >= 4 is 11.6 Å². The van der Waals surface area contributed by atoms with Crippen molar-refractivity contribution in [2.45, 2.75) is 6.54 Å². The van der Waals surface area contributed by atoms with Gasteiger partial charge in [-0.2, -0.15) is 0 Å². The maximum atomic E-state index is 6.07. The van der Waals surface area contributed by atoms with E-state index in [-0.39, 0.29) is 0 Å². The van der Waals surface area contributed by atoms with Gasteiger partial charge < -0.3 is 5.73 Å². The molecule has 0 radical (unpaired) electrons. The van der Waals surface area contributed by atoms with Crippen LogP contribution in [0.2, 0.25) is 5.02 Å². The van der Waals surface area contributed by atoms with Gasteiger partial charge in [-0.15, -0.1) is 0 Å². The number of rotatable bonds is 3. The van der Waals surface area contributed by atoms with Crippen molar-refractivity contribution < 1.29 is 0 Å². The van der Waals surface area contributed by atoms with Crippen LogP contribution in [0.25, 0.3) is 0 Å². The van der Waals surface area contributed by atoms with Crippen molar-refractivity contribution in [2.24, 2.45) is 11.7 Å². The van der Waals surface area contributed by atoms with Crippen LogP contribution < -0.4 is 5.73 Å². The molecule has 1 aliphatic heterocycles. The molecule has 14 heavy (non-hydrogen) atoms. The zero-order valence-electron chi connectivity index (χ0n) is 8.12. The van der Waals surface area contributed by atoms with E-state index in [1.807, 2.05) is 18.2 Å². The van der Waals surface area contributed by atoms with Gasteiger partial charge in [-0.25, -0.2) is 0 Å². The lowest BCUT2D eigenvalue weighted by atomic mass is 10.00. The number of nitrogens with two attached hydrogens (primary N) is 1. The third-order valence-electron chi connectivity index (χ3n) is 2.72. The fourth-order valence-corrected chi connectivity index (χ4v) is 2.02. The van der Waals surface area contributed by atoms with Gasteiger partial charge in [-0.3, -0.25) is 4.90 Å². The second-order valence-corrected chi connectivity index (χ2v) is 4.29. The summed E-state index contributed by atoms with van der Waals surface area (Å²) < 4.78 is 0. The number of nitrogens with zero attached hydrogens (tertiary/aromatic N) is 1. The monoisotopic (exact) mass is 210 g/mol. The molecule has 1 aromatic carbocycles. The highest BCUT2D eigenvalue weighted by Crippen LogP contribution is 2.21. The summed E-state index contributed by atoms with van der Waals surface area (Å²) in [4.78, 5) is 2.37. The molecule has 0 unspecified atom stereocenters. The number of hydrogen-bond acceptors (Lipinski definition) is 2. The van der Waals surface area contributed by atoms with Gasteiger partial charge in [0.1, 0.15) is 0 Å². The molecule has 0 aliphatic carbocycles. The van der Waals surface area contributed by atoms with Gasteiger partial charge >= 0.3 is 0 Å². The highest BCUT2D eigenvalue weighted by atomic mass is 35.5. The van der Waals surface area contributed by atoms with Gasteiger partial charge in [-0.1, -0.05) is 29.8 Å². The van der Waals surface area contributed by atoms with Gasteiger partial charge in [-0.05, 0) is 24.1 Å². The molecule has 2 rings (SSSR count). The summed E-state index contributed by atoms with van der Waals surface area (Å²) in [5.74, 6) is 0.692. The van der Waals surface area contributed by atoms with Gasteiger partial charge in [0, 0.05) is 24.7 Å². The van der Waals surface area contributed by atoms with Crippen molar-refractivity contribution in [3.05, 3.63) is 34.9 Å². The first-order chi connectivity index (χ1) is 6.79. The van der Waals surface area contributed by atoms with Crippen LogP contribution >= 0.6 is 11.6 Å². The Hall–Kier alpha value is -0.570. The number of halogens is 1. The van der Waals surface area contributed by atoms with Crippen molar-refractivity contribution in [1.29, 1.82) is 0 Å². The van der Waals surface area contributed by atoms with Crippen molar-refractivity contribution in [3.8, 4) is 0 Å². The number of hydrogen-bond donors (Lipinski definition) is 1. The SMILES string of the molecule is NCC1CN(Cc2ccccc2Cl)C1. The molecule has 0 atom stereocenters. The lowest BCUT2D eigenvalue weighted by molar-refractivity contribution is 0.0980. The van der Waals surface area contributed by atoms with E-state index in [1.54, 1.807) is 0 Å². The van der Waals surface area contributed by atoms with Crippen LogP contribution in [0.1, 0.15) is 5.56 Å². The minimum absolute atomic E-state index is 0.692. The summed E-state index contributed by atoms with van der Waals surface area (Å²) in [6.45, 7) is 3.98. The first kappa shape index (κ1) is 9.97. The van der Waals surface area contributed by atoms with Crippen LogP contribution in [0.4, 0.5) is 0 Å². The van der Waals surface area contributed by atoms with Gasteiger partial charge in [0.2, 0.25) is 0 Å². The summed E-state index contributed by atoms with van der Waals surface area (Å²) in [5, 5.41) is 0.865. The van der Waals surface area contributed by atoms with Crippen molar-refractivity contribution in [2.75, 3.05) is 19.6 Å². The van der Waals surface area contributed by atoms with Gasteiger partial charge in [0.25, 0.3) is 0 Å². The van der Waals surface area contributed by atoms with E-state index in [2.05, 4.69) is 11.0 Å². The summed E-state index contributed by atoms with van der Waals surface area (Å²) in [7, 11) is 0. The Morgan fingerprint density at radius 1 is 1.36 bits per heavy atom. The molecule has 2 nitrogen and oxygen atoms in total. The topological polar surface area (TPSA) is 29.3 Å². The van der Waals surface area contributed by atoms with Crippen LogP contribution in [-0.2, 0) is 6.54 Å². The normalized spacial score (nSPS) is 18.1. The standard InChI is InChI=1S/C11H15ClN2/c12-11-4-2-1-3-10(11)8-14-6-9(5-13)7-14/h1-4,9H,5-8,13H2. The number of likely N-dealkylation sites (tertiary alicyclic amines) is 1. The van der Waals surface area contributed by atoms with Gasteiger partial charge in [0.05, 0.1) is 0 Å². The molecular weight excluding hydrogens is 196 g/mol. The first-order valence-corrected chi connectivity index (χ1v) is 5.33. The second-order valence-electron chi connectivity index (χ2n) is 3.89. The van der Waals surface area contributed by atoms with E-state index in [1.165, 1.54) is 5.56 Å². The third kappa shape index (κ3) is 2.08. The highest BCUT2D eigenvalue weighted by molar-refractivity contribution is 6.31. The first-order valence-electron chi connectivity index (χ1n) is 4.95. The van der Waals surface area contributed by atoms with Crippen molar-refractivity contribution in [3.63, 3.8) is 0 Å². The molecule has 2 N–H and O–H groups in total. The average molecular weight is 211 g/mol. The summed E-state index contributed by atoms with van der Waals surface area (Å²) >= 11 is 6.07. The van der Waals surface area contributed by atoms with Crippen LogP contribution in [-0.4, -0.2) is 24.5 Å². The molecular formula is C11H15ClN2. The smallest absolute Gasteiger partial charge is 0.0451 e. The van der Waals surface area contributed by atoms with Crippen molar-refractivity contribution in [1.82, 2.24) is 4.90 Å².